The summed E-state index contributed by atoms with van der Waals surface area (Å²) in [4.78, 5) is 0. The first-order valence-electron chi connectivity index (χ1n) is 5.64. The van der Waals surface area contributed by atoms with Crippen LogP contribution in [-0.2, 0) is 0 Å². The van der Waals surface area contributed by atoms with Crippen molar-refractivity contribution in [3.8, 4) is 0 Å². The molecule has 0 heteroatoms. The molecule has 2 unspecified atom stereocenters. The highest BCUT2D eigenvalue weighted by Gasteiger charge is 2.30. The third-order valence-electron chi connectivity index (χ3n) is 3.18. The molecular weight excluding hydrogens is 156 g/mol. The summed E-state index contributed by atoms with van der Waals surface area (Å²) in [6, 6.07) is 0. The number of allylic oxidation sites excluding steroid dienone is 2. The molecule has 0 N–H and O–H groups in total. The van der Waals surface area contributed by atoms with E-state index in [1.54, 1.807) is 0 Å². The first-order chi connectivity index (χ1) is 6.03. The standard InChI is InChI=1S/C13H24/c1-5-6-7-12-8-11(2)9-13(3,4)10-12/h5-6,11-12H,7-10H2,1-4H3. The van der Waals surface area contributed by atoms with Gasteiger partial charge in [-0.2, -0.15) is 0 Å². The van der Waals surface area contributed by atoms with Crippen LogP contribution in [0.2, 0.25) is 0 Å². The maximum Gasteiger partial charge on any atom is -0.0322 e. The van der Waals surface area contributed by atoms with E-state index >= 15 is 0 Å². The Kier molecular flexibility index (Phi) is 3.58. The van der Waals surface area contributed by atoms with Crippen molar-refractivity contribution in [1.82, 2.24) is 0 Å². The molecule has 0 aromatic heterocycles. The normalized spacial score (nSPS) is 33.8. The summed E-state index contributed by atoms with van der Waals surface area (Å²) in [6.45, 7) is 9.37. The molecule has 0 aliphatic heterocycles. The van der Waals surface area contributed by atoms with Crippen molar-refractivity contribution in [2.45, 2.75) is 53.4 Å². The first-order valence-corrected chi connectivity index (χ1v) is 5.64. The van der Waals surface area contributed by atoms with E-state index in [9.17, 15) is 0 Å². The van der Waals surface area contributed by atoms with Crippen molar-refractivity contribution in [3.05, 3.63) is 12.2 Å². The fraction of sp³-hybridized carbons (Fsp3) is 0.846. The van der Waals surface area contributed by atoms with Gasteiger partial charge < -0.3 is 0 Å². The van der Waals surface area contributed by atoms with Crippen molar-refractivity contribution in [2.24, 2.45) is 17.3 Å². The fourth-order valence-electron chi connectivity index (χ4n) is 3.05. The molecule has 1 saturated carbocycles. The molecule has 1 aliphatic carbocycles. The van der Waals surface area contributed by atoms with Gasteiger partial charge in [0.05, 0.1) is 0 Å². The van der Waals surface area contributed by atoms with Gasteiger partial charge in [0.2, 0.25) is 0 Å². The Morgan fingerprint density at radius 2 is 2.00 bits per heavy atom. The van der Waals surface area contributed by atoms with Crippen LogP contribution in [0.25, 0.3) is 0 Å². The maximum atomic E-state index is 2.42. The van der Waals surface area contributed by atoms with Crippen LogP contribution in [0.3, 0.4) is 0 Å². The maximum absolute atomic E-state index is 2.42. The monoisotopic (exact) mass is 180 g/mol. The van der Waals surface area contributed by atoms with E-state index in [2.05, 4.69) is 39.8 Å². The lowest BCUT2D eigenvalue weighted by atomic mass is 9.67. The van der Waals surface area contributed by atoms with E-state index in [-0.39, 0.29) is 0 Å². The zero-order valence-corrected chi connectivity index (χ0v) is 9.64. The smallest absolute Gasteiger partial charge is 0.0322 e. The summed E-state index contributed by atoms with van der Waals surface area (Å²) < 4.78 is 0. The third-order valence-corrected chi connectivity index (χ3v) is 3.18. The number of hydrogen-bond acceptors (Lipinski definition) is 0. The molecule has 2 atom stereocenters. The van der Waals surface area contributed by atoms with Crippen LogP contribution in [-0.4, -0.2) is 0 Å². The Balaban J connectivity index is 2.47. The Morgan fingerprint density at radius 3 is 2.54 bits per heavy atom. The predicted octanol–water partition coefficient (Wildman–Crippen LogP) is 4.42. The second kappa shape index (κ2) is 4.30. The average molecular weight is 180 g/mol. The molecule has 0 spiro atoms. The van der Waals surface area contributed by atoms with Crippen molar-refractivity contribution >= 4 is 0 Å². The highest BCUT2D eigenvalue weighted by molar-refractivity contribution is 4.88. The van der Waals surface area contributed by atoms with Gasteiger partial charge in [-0.1, -0.05) is 32.9 Å². The minimum absolute atomic E-state index is 0.587. The first kappa shape index (κ1) is 10.8. The summed E-state index contributed by atoms with van der Waals surface area (Å²) in [6.07, 6.45) is 10.1. The Labute approximate surface area is 83.4 Å². The molecular formula is C13H24. The van der Waals surface area contributed by atoms with Crippen molar-refractivity contribution in [1.29, 1.82) is 0 Å². The molecule has 0 aromatic rings. The van der Waals surface area contributed by atoms with Gasteiger partial charge in [0.25, 0.3) is 0 Å². The van der Waals surface area contributed by atoms with Crippen LogP contribution in [0, 0.1) is 17.3 Å². The van der Waals surface area contributed by atoms with Crippen LogP contribution in [0.15, 0.2) is 12.2 Å². The van der Waals surface area contributed by atoms with Gasteiger partial charge in [0, 0.05) is 0 Å². The van der Waals surface area contributed by atoms with E-state index in [1.807, 2.05) is 0 Å². The Bertz CT molecular complexity index is 176. The van der Waals surface area contributed by atoms with Gasteiger partial charge in [-0.05, 0) is 49.9 Å². The molecule has 0 saturated heterocycles. The quantitative estimate of drug-likeness (QED) is 0.552. The van der Waals surface area contributed by atoms with E-state index in [1.165, 1.54) is 25.7 Å². The van der Waals surface area contributed by atoms with Crippen LogP contribution in [0.4, 0.5) is 0 Å². The molecule has 0 bridgehead atoms. The summed E-state index contributed by atoms with van der Waals surface area (Å²) in [5, 5.41) is 0. The van der Waals surface area contributed by atoms with Gasteiger partial charge in [-0.25, -0.2) is 0 Å². The molecule has 0 amide bonds. The highest BCUT2D eigenvalue weighted by Crippen LogP contribution is 2.42. The lowest BCUT2D eigenvalue weighted by Gasteiger charge is -2.38. The summed E-state index contributed by atoms with van der Waals surface area (Å²) >= 11 is 0. The minimum Gasteiger partial charge on any atom is -0.0917 e. The summed E-state index contributed by atoms with van der Waals surface area (Å²) in [7, 11) is 0. The molecule has 76 valence electrons. The van der Waals surface area contributed by atoms with Crippen molar-refractivity contribution in [3.63, 3.8) is 0 Å². The third kappa shape index (κ3) is 3.54. The largest absolute Gasteiger partial charge is 0.0917 e. The summed E-state index contributed by atoms with van der Waals surface area (Å²) in [5.74, 6) is 1.87. The van der Waals surface area contributed by atoms with Gasteiger partial charge in [0.1, 0.15) is 0 Å². The molecule has 1 aliphatic rings. The van der Waals surface area contributed by atoms with Gasteiger partial charge >= 0.3 is 0 Å². The lowest BCUT2D eigenvalue weighted by molar-refractivity contribution is 0.134. The van der Waals surface area contributed by atoms with Gasteiger partial charge in [-0.3, -0.25) is 0 Å². The van der Waals surface area contributed by atoms with Crippen LogP contribution in [0.5, 0.6) is 0 Å². The number of hydrogen-bond donors (Lipinski definition) is 0. The minimum atomic E-state index is 0.587. The Morgan fingerprint density at radius 1 is 1.31 bits per heavy atom. The predicted molar refractivity (Wildman–Crippen MR) is 59.7 cm³/mol. The van der Waals surface area contributed by atoms with Crippen LogP contribution >= 0.6 is 0 Å². The molecule has 0 heterocycles. The molecule has 13 heavy (non-hydrogen) atoms. The van der Waals surface area contributed by atoms with Crippen LogP contribution < -0.4 is 0 Å². The van der Waals surface area contributed by atoms with Gasteiger partial charge in [-0.15, -0.1) is 0 Å². The molecule has 0 nitrogen and oxygen atoms in total. The molecule has 1 rings (SSSR count). The molecule has 0 radical (unpaired) electrons. The highest BCUT2D eigenvalue weighted by atomic mass is 14.4. The van der Waals surface area contributed by atoms with Crippen molar-refractivity contribution < 1.29 is 0 Å². The second-order valence-electron chi connectivity index (χ2n) is 5.58. The zero-order chi connectivity index (χ0) is 9.90. The number of rotatable bonds is 2. The van der Waals surface area contributed by atoms with Crippen molar-refractivity contribution in [2.75, 3.05) is 0 Å². The van der Waals surface area contributed by atoms with Gasteiger partial charge in [0.15, 0.2) is 0 Å². The van der Waals surface area contributed by atoms with E-state index < -0.39 is 0 Å². The average Bonchev–Trinajstić information content (AvgIpc) is 1.97. The molecule has 1 fully saturated rings. The SMILES string of the molecule is CC=CCC1CC(C)CC(C)(C)C1. The summed E-state index contributed by atoms with van der Waals surface area (Å²) in [5.41, 5.74) is 0.587. The molecule has 0 aromatic carbocycles. The lowest BCUT2D eigenvalue weighted by Crippen LogP contribution is -2.27. The fourth-order valence-corrected chi connectivity index (χ4v) is 3.05. The van der Waals surface area contributed by atoms with Crippen LogP contribution in [0.1, 0.15) is 53.4 Å². The zero-order valence-electron chi connectivity index (χ0n) is 9.64. The second-order valence-corrected chi connectivity index (χ2v) is 5.58. The Hall–Kier alpha value is -0.260. The topological polar surface area (TPSA) is 0 Å². The van der Waals surface area contributed by atoms with E-state index in [4.69, 9.17) is 0 Å². The van der Waals surface area contributed by atoms with E-state index in [0.29, 0.717) is 5.41 Å². The van der Waals surface area contributed by atoms with E-state index in [0.717, 1.165) is 11.8 Å².